The molecule has 0 radical (unpaired) electrons. The summed E-state index contributed by atoms with van der Waals surface area (Å²) in [5.41, 5.74) is -0.949. The first-order valence-corrected chi connectivity index (χ1v) is 6.09. The van der Waals surface area contributed by atoms with E-state index in [1.807, 2.05) is 0 Å². The molecule has 7 heteroatoms. The van der Waals surface area contributed by atoms with Crippen molar-refractivity contribution in [3.05, 3.63) is 36.5 Å². The van der Waals surface area contributed by atoms with Crippen LogP contribution in [0.25, 0.3) is 0 Å². The Hall–Kier alpha value is -2.57. The van der Waals surface area contributed by atoms with E-state index in [9.17, 15) is 14.4 Å². The van der Waals surface area contributed by atoms with Gasteiger partial charge in [-0.05, 0) is 19.4 Å². The maximum Gasteiger partial charge on any atom is 0.509 e. The number of rotatable bonds is 3. The van der Waals surface area contributed by atoms with Gasteiger partial charge in [-0.25, -0.2) is 9.59 Å². The highest BCUT2D eigenvalue weighted by molar-refractivity contribution is 5.90. The van der Waals surface area contributed by atoms with Crippen LogP contribution in [0.1, 0.15) is 13.3 Å². The summed E-state index contributed by atoms with van der Waals surface area (Å²) in [6, 6.07) is 0. The van der Waals surface area contributed by atoms with Crippen molar-refractivity contribution in [2.24, 2.45) is 5.41 Å². The minimum atomic E-state index is -1.08. The van der Waals surface area contributed by atoms with E-state index in [2.05, 4.69) is 16.1 Å². The lowest BCUT2D eigenvalue weighted by atomic mass is 9.80. The average Bonchev–Trinajstić information content (AvgIpc) is 2.85. The highest BCUT2D eigenvalue weighted by Crippen LogP contribution is 2.31. The third kappa shape index (κ3) is 4.48. The van der Waals surface area contributed by atoms with Gasteiger partial charge in [0.1, 0.15) is 6.61 Å². The van der Waals surface area contributed by atoms with E-state index in [1.54, 1.807) is 0 Å². The zero-order valence-electron chi connectivity index (χ0n) is 11.4. The zero-order valence-corrected chi connectivity index (χ0v) is 11.4. The molecule has 114 valence electrons. The Labute approximate surface area is 121 Å². The number of cyclic esters (lactones) is 2. The summed E-state index contributed by atoms with van der Waals surface area (Å²) in [7, 11) is 0. The number of carbonyl (C=O) groups excluding carboxylic acids is 1. The Kier molecular flexibility index (Phi) is 5.29. The topological polar surface area (TPSA) is 110 Å². The molecular weight excluding hydrogens is 280 g/mol. The minimum Gasteiger partial charge on any atom is -0.481 e. The summed E-state index contributed by atoms with van der Waals surface area (Å²) in [6.07, 6.45) is 5.13. The van der Waals surface area contributed by atoms with Crippen LogP contribution in [-0.2, 0) is 19.1 Å². The summed E-state index contributed by atoms with van der Waals surface area (Å²) >= 11 is 0. The van der Waals surface area contributed by atoms with Crippen molar-refractivity contribution in [3.63, 3.8) is 0 Å². The molecule has 2 rings (SSSR count). The molecule has 0 bridgehead atoms. The molecule has 2 atom stereocenters. The van der Waals surface area contributed by atoms with Crippen LogP contribution in [0.15, 0.2) is 36.5 Å². The average molecular weight is 296 g/mol. The van der Waals surface area contributed by atoms with Crippen LogP contribution in [0.2, 0.25) is 0 Å². The van der Waals surface area contributed by atoms with Gasteiger partial charge in [0.25, 0.3) is 0 Å². The Morgan fingerprint density at radius 3 is 2.52 bits per heavy atom. The molecule has 21 heavy (non-hydrogen) atoms. The quantitative estimate of drug-likeness (QED) is 0.603. The number of aliphatic carboxylic acids is 2. The van der Waals surface area contributed by atoms with Crippen LogP contribution in [0.5, 0.6) is 0 Å². The van der Waals surface area contributed by atoms with Gasteiger partial charge < -0.3 is 19.7 Å². The number of ether oxygens (including phenoxy) is 2. The fourth-order valence-electron chi connectivity index (χ4n) is 1.64. The van der Waals surface area contributed by atoms with E-state index in [0.717, 1.165) is 0 Å². The standard InChI is InChI=1S/C9H10O4.C5H6O3/c1-9(8(12)13)4-2-3-6(5-9)7(10)11;1-2-4-3-7-5(6)8-4/h2-4H,5H2,1H3,(H,10,11)(H,12,13);2,4H,1,3H2. The molecule has 1 saturated heterocycles. The molecule has 7 nitrogen and oxygen atoms in total. The SMILES string of the molecule is C=CC1COC(=O)O1.CC1(C(=O)O)C=CC=C(C(=O)O)C1. The first kappa shape index (κ1) is 16.5. The molecule has 1 fully saturated rings. The molecule has 0 aromatic rings. The van der Waals surface area contributed by atoms with Crippen molar-refractivity contribution in [1.82, 2.24) is 0 Å². The van der Waals surface area contributed by atoms with Crippen molar-refractivity contribution in [2.45, 2.75) is 19.4 Å². The van der Waals surface area contributed by atoms with E-state index in [1.165, 1.54) is 31.2 Å². The van der Waals surface area contributed by atoms with Crippen LogP contribution < -0.4 is 0 Å². The molecule has 1 aliphatic carbocycles. The maximum atomic E-state index is 10.8. The Bertz CT molecular complexity index is 517. The third-order valence-electron chi connectivity index (χ3n) is 2.96. The molecule has 0 amide bonds. The van der Waals surface area contributed by atoms with E-state index in [4.69, 9.17) is 10.2 Å². The maximum absolute atomic E-state index is 10.8. The molecular formula is C14H16O7. The number of carbonyl (C=O) groups is 3. The summed E-state index contributed by atoms with van der Waals surface area (Å²) in [5, 5.41) is 17.5. The first-order chi connectivity index (χ1) is 9.78. The van der Waals surface area contributed by atoms with Crippen LogP contribution in [0.4, 0.5) is 4.79 Å². The predicted octanol–water partition coefficient (Wildman–Crippen LogP) is 1.76. The Balaban J connectivity index is 0.000000235. The van der Waals surface area contributed by atoms with Gasteiger partial charge in [-0.1, -0.05) is 24.8 Å². The van der Waals surface area contributed by atoms with Crippen molar-refractivity contribution >= 4 is 18.1 Å². The molecule has 2 unspecified atom stereocenters. The monoisotopic (exact) mass is 296 g/mol. The highest BCUT2D eigenvalue weighted by Gasteiger charge is 2.34. The summed E-state index contributed by atoms with van der Waals surface area (Å²) < 4.78 is 8.96. The van der Waals surface area contributed by atoms with Crippen molar-refractivity contribution < 1.29 is 34.1 Å². The van der Waals surface area contributed by atoms with Crippen LogP contribution in [0, 0.1) is 5.41 Å². The molecule has 1 heterocycles. The second-order valence-electron chi connectivity index (χ2n) is 4.71. The van der Waals surface area contributed by atoms with Gasteiger partial charge in [-0.15, -0.1) is 0 Å². The van der Waals surface area contributed by atoms with Gasteiger partial charge >= 0.3 is 18.1 Å². The molecule has 0 spiro atoms. The van der Waals surface area contributed by atoms with Crippen LogP contribution in [0.3, 0.4) is 0 Å². The number of allylic oxidation sites excluding steroid dienone is 2. The predicted molar refractivity (Wildman–Crippen MR) is 71.6 cm³/mol. The summed E-state index contributed by atoms with van der Waals surface area (Å²) in [5.74, 6) is -2.06. The van der Waals surface area contributed by atoms with Crippen molar-refractivity contribution in [1.29, 1.82) is 0 Å². The molecule has 0 aromatic heterocycles. The second-order valence-corrected chi connectivity index (χ2v) is 4.71. The van der Waals surface area contributed by atoms with E-state index >= 15 is 0 Å². The van der Waals surface area contributed by atoms with Gasteiger partial charge in [0.15, 0.2) is 6.10 Å². The molecule has 2 aliphatic rings. The number of carboxylic acids is 2. The minimum absolute atomic E-state index is 0.0359. The Morgan fingerprint density at radius 1 is 1.48 bits per heavy atom. The molecule has 0 saturated carbocycles. The zero-order chi connectivity index (χ0) is 16.0. The lowest BCUT2D eigenvalue weighted by molar-refractivity contribution is -0.145. The van der Waals surface area contributed by atoms with Crippen LogP contribution >= 0.6 is 0 Å². The fraction of sp³-hybridized carbons (Fsp3) is 0.357. The van der Waals surface area contributed by atoms with Gasteiger partial charge in [0.05, 0.1) is 5.41 Å². The highest BCUT2D eigenvalue weighted by atomic mass is 16.8. The van der Waals surface area contributed by atoms with E-state index < -0.39 is 23.5 Å². The molecule has 0 aromatic carbocycles. The normalized spacial score (nSPS) is 26.6. The lowest BCUT2D eigenvalue weighted by Crippen LogP contribution is -2.28. The van der Waals surface area contributed by atoms with Crippen molar-refractivity contribution in [2.75, 3.05) is 6.61 Å². The van der Waals surface area contributed by atoms with Gasteiger partial charge in [-0.2, -0.15) is 0 Å². The lowest BCUT2D eigenvalue weighted by Gasteiger charge is -2.23. The number of hydrogen-bond donors (Lipinski definition) is 2. The number of carboxylic acid groups (broad SMARTS) is 2. The number of hydrogen-bond acceptors (Lipinski definition) is 5. The molecule has 1 aliphatic heterocycles. The van der Waals surface area contributed by atoms with E-state index in [-0.39, 0.29) is 18.1 Å². The third-order valence-corrected chi connectivity index (χ3v) is 2.96. The fourth-order valence-corrected chi connectivity index (χ4v) is 1.64. The largest absolute Gasteiger partial charge is 0.509 e. The van der Waals surface area contributed by atoms with E-state index in [0.29, 0.717) is 6.61 Å². The Morgan fingerprint density at radius 2 is 2.14 bits per heavy atom. The molecule has 2 N–H and O–H groups in total. The first-order valence-electron chi connectivity index (χ1n) is 6.09. The van der Waals surface area contributed by atoms with Gasteiger partial charge in [-0.3, -0.25) is 4.79 Å². The van der Waals surface area contributed by atoms with Crippen LogP contribution in [-0.4, -0.2) is 41.0 Å². The van der Waals surface area contributed by atoms with Gasteiger partial charge in [0, 0.05) is 5.57 Å². The summed E-state index contributed by atoms with van der Waals surface area (Å²) in [4.78, 5) is 31.5. The smallest absolute Gasteiger partial charge is 0.481 e. The second kappa shape index (κ2) is 6.74. The van der Waals surface area contributed by atoms with Gasteiger partial charge in [0.2, 0.25) is 0 Å². The van der Waals surface area contributed by atoms with Crippen molar-refractivity contribution in [3.8, 4) is 0 Å². The summed E-state index contributed by atoms with van der Waals surface area (Å²) in [6.45, 7) is 5.23.